The third-order valence-electron chi connectivity index (χ3n) is 2.30. The molecule has 6 nitrogen and oxygen atoms in total. The molecule has 0 radical (unpaired) electrons. The van der Waals surface area contributed by atoms with E-state index in [4.69, 9.17) is 16.7 Å². The Morgan fingerprint density at radius 1 is 1.50 bits per heavy atom. The molecule has 0 unspecified atom stereocenters. The third kappa shape index (κ3) is 1.87. The molecule has 4 N–H and O–H groups in total. The number of benzene rings is 1. The van der Waals surface area contributed by atoms with Crippen LogP contribution in [0.25, 0.3) is 5.69 Å². The molecule has 0 aliphatic rings. The summed E-state index contributed by atoms with van der Waals surface area (Å²) in [5, 5.41) is 12.8. The summed E-state index contributed by atoms with van der Waals surface area (Å²) in [6.07, 6.45) is 1.34. The summed E-state index contributed by atoms with van der Waals surface area (Å²) in [6.45, 7) is 0. The number of hydrogen-bond donors (Lipinski definition) is 2. The molecule has 2 rings (SSSR count). The number of nitrogen functional groups attached to an aromatic ring is 1. The molecular weight excluding hydrogens is 237 g/mol. The smallest absolute Gasteiger partial charge is 0.271 e. The maximum Gasteiger partial charge on any atom is 0.271 e. The molecule has 0 saturated carbocycles. The first-order valence-electron chi connectivity index (χ1n) is 4.88. The summed E-state index contributed by atoms with van der Waals surface area (Å²) in [5.74, 6) is -1.31. The number of nitriles is 1. The van der Waals surface area contributed by atoms with E-state index < -0.39 is 11.7 Å². The summed E-state index contributed by atoms with van der Waals surface area (Å²) < 4.78 is 14.2. The minimum atomic E-state index is -0.771. The van der Waals surface area contributed by atoms with Crippen molar-refractivity contribution < 1.29 is 9.18 Å². The predicted molar refractivity (Wildman–Crippen MR) is 61.2 cm³/mol. The van der Waals surface area contributed by atoms with Crippen LogP contribution in [0.2, 0.25) is 0 Å². The summed E-state index contributed by atoms with van der Waals surface area (Å²) in [4.78, 5) is 11.0. The Labute approximate surface area is 101 Å². The van der Waals surface area contributed by atoms with Crippen molar-refractivity contribution in [1.82, 2.24) is 9.78 Å². The molecule has 0 saturated heterocycles. The first kappa shape index (κ1) is 11.6. The molecule has 1 aromatic carbocycles. The number of nitrogens with two attached hydrogens (primary N) is 2. The Hall–Kier alpha value is -2.88. The molecule has 0 spiro atoms. The highest BCUT2D eigenvalue weighted by Crippen LogP contribution is 2.18. The van der Waals surface area contributed by atoms with Gasteiger partial charge in [0.15, 0.2) is 5.69 Å². The Balaban J connectivity index is 2.60. The zero-order valence-corrected chi connectivity index (χ0v) is 9.09. The zero-order valence-electron chi connectivity index (χ0n) is 9.09. The van der Waals surface area contributed by atoms with Gasteiger partial charge >= 0.3 is 0 Å². The molecule has 7 heteroatoms. The van der Waals surface area contributed by atoms with Crippen LogP contribution in [0.15, 0.2) is 24.4 Å². The van der Waals surface area contributed by atoms with Crippen molar-refractivity contribution in [2.45, 2.75) is 0 Å². The second kappa shape index (κ2) is 4.18. The molecule has 0 atom stereocenters. The highest BCUT2D eigenvalue weighted by molar-refractivity contribution is 5.95. The quantitative estimate of drug-likeness (QED) is 0.805. The van der Waals surface area contributed by atoms with Crippen LogP contribution in [0.4, 0.5) is 10.1 Å². The largest absolute Gasteiger partial charge is 0.396 e. The van der Waals surface area contributed by atoms with Crippen molar-refractivity contribution in [2.75, 3.05) is 5.73 Å². The van der Waals surface area contributed by atoms with Gasteiger partial charge in [0, 0.05) is 0 Å². The van der Waals surface area contributed by atoms with Crippen molar-refractivity contribution in [3.05, 3.63) is 41.5 Å². The van der Waals surface area contributed by atoms with Gasteiger partial charge in [-0.25, -0.2) is 9.07 Å². The van der Waals surface area contributed by atoms with Crippen molar-refractivity contribution >= 4 is 11.6 Å². The normalized spacial score (nSPS) is 10.0. The first-order valence-corrected chi connectivity index (χ1v) is 4.88. The summed E-state index contributed by atoms with van der Waals surface area (Å²) in [5.41, 5.74) is 11.0. The minimum Gasteiger partial charge on any atom is -0.396 e. The van der Waals surface area contributed by atoms with E-state index in [9.17, 15) is 9.18 Å². The van der Waals surface area contributed by atoms with Crippen LogP contribution in [0.1, 0.15) is 16.1 Å². The average Bonchev–Trinajstić information content (AvgIpc) is 2.71. The highest BCUT2D eigenvalue weighted by atomic mass is 19.1. The van der Waals surface area contributed by atoms with E-state index in [0.29, 0.717) is 5.69 Å². The fraction of sp³-hybridized carbons (Fsp3) is 0. The number of nitrogens with zero attached hydrogens (tertiary/aromatic N) is 3. The molecule has 18 heavy (non-hydrogen) atoms. The number of hydrogen-bond acceptors (Lipinski definition) is 4. The van der Waals surface area contributed by atoms with Crippen LogP contribution in [0.5, 0.6) is 0 Å². The van der Waals surface area contributed by atoms with Crippen LogP contribution >= 0.6 is 0 Å². The minimum absolute atomic E-state index is 0.0773. The van der Waals surface area contributed by atoms with Crippen LogP contribution in [0, 0.1) is 17.1 Å². The van der Waals surface area contributed by atoms with Crippen LogP contribution in [-0.2, 0) is 0 Å². The topological polar surface area (TPSA) is 111 Å². The number of halogens is 1. The van der Waals surface area contributed by atoms with Gasteiger partial charge in [0.1, 0.15) is 11.9 Å². The number of aromatic nitrogens is 2. The van der Waals surface area contributed by atoms with Gasteiger partial charge in [-0.1, -0.05) is 0 Å². The number of primary amides is 1. The van der Waals surface area contributed by atoms with E-state index in [2.05, 4.69) is 5.10 Å². The molecule has 0 aliphatic heterocycles. The van der Waals surface area contributed by atoms with Gasteiger partial charge in [-0.05, 0) is 18.2 Å². The Morgan fingerprint density at radius 2 is 2.22 bits per heavy atom. The zero-order chi connectivity index (χ0) is 13.3. The molecule has 0 aliphatic carbocycles. The molecule has 1 amide bonds. The SMILES string of the molecule is N#Cc1cc(F)ccc1-n1cc(N)c(C(N)=O)n1. The number of amides is 1. The van der Waals surface area contributed by atoms with E-state index in [1.165, 1.54) is 23.0 Å². The van der Waals surface area contributed by atoms with E-state index in [1.54, 1.807) is 0 Å². The van der Waals surface area contributed by atoms with Crippen LogP contribution in [-0.4, -0.2) is 15.7 Å². The number of carbonyl (C=O) groups is 1. The van der Waals surface area contributed by atoms with E-state index in [0.717, 1.165) is 6.07 Å². The molecule has 90 valence electrons. The predicted octanol–water partition coefficient (Wildman–Crippen LogP) is 0.564. The average molecular weight is 245 g/mol. The lowest BCUT2D eigenvalue weighted by Gasteiger charge is -2.03. The van der Waals surface area contributed by atoms with Gasteiger partial charge in [0.25, 0.3) is 5.91 Å². The maximum absolute atomic E-state index is 13.0. The first-order chi connectivity index (χ1) is 8.52. The fourth-order valence-corrected chi connectivity index (χ4v) is 1.50. The van der Waals surface area contributed by atoms with Crippen molar-refractivity contribution in [3.63, 3.8) is 0 Å². The van der Waals surface area contributed by atoms with E-state index in [1.807, 2.05) is 6.07 Å². The highest BCUT2D eigenvalue weighted by Gasteiger charge is 2.14. The Bertz CT molecular complexity index is 671. The number of carbonyl (C=O) groups excluding carboxylic acids is 1. The lowest BCUT2D eigenvalue weighted by Crippen LogP contribution is -2.14. The maximum atomic E-state index is 13.0. The van der Waals surface area contributed by atoms with Gasteiger partial charge in [0.05, 0.1) is 23.1 Å². The van der Waals surface area contributed by atoms with Gasteiger partial charge in [0.2, 0.25) is 0 Å². The van der Waals surface area contributed by atoms with Gasteiger partial charge in [-0.15, -0.1) is 0 Å². The lowest BCUT2D eigenvalue weighted by molar-refractivity contribution is 0.0996. The Kier molecular flexibility index (Phi) is 2.69. The van der Waals surface area contributed by atoms with Crippen molar-refractivity contribution in [2.24, 2.45) is 5.73 Å². The standard InChI is InChI=1S/C11H8FN5O/c12-7-1-2-9(6(3-7)4-13)17-5-8(14)10(16-17)11(15)18/h1-3,5H,14H2,(H2,15,18). The second-order valence-electron chi connectivity index (χ2n) is 3.52. The van der Waals surface area contributed by atoms with Crippen molar-refractivity contribution in [3.8, 4) is 11.8 Å². The van der Waals surface area contributed by atoms with Crippen molar-refractivity contribution in [1.29, 1.82) is 5.26 Å². The van der Waals surface area contributed by atoms with E-state index >= 15 is 0 Å². The molecular formula is C11H8FN5O. The summed E-state index contributed by atoms with van der Waals surface area (Å²) in [7, 11) is 0. The summed E-state index contributed by atoms with van der Waals surface area (Å²) in [6, 6.07) is 5.45. The Morgan fingerprint density at radius 3 is 2.78 bits per heavy atom. The van der Waals surface area contributed by atoms with Gasteiger partial charge < -0.3 is 11.5 Å². The lowest BCUT2D eigenvalue weighted by atomic mass is 10.2. The molecule has 1 heterocycles. The third-order valence-corrected chi connectivity index (χ3v) is 2.30. The monoisotopic (exact) mass is 245 g/mol. The molecule has 0 fully saturated rings. The van der Waals surface area contributed by atoms with Crippen LogP contribution < -0.4 is 11.5 Å². The molecule has 1 aromatic heterocycles. The van der Waals surface area contributed by atoms with Crippen LogP contribution in [0.3, 0.4) is 0 Å². The second-order valence-corrected chi connectivity index (χ2v) is 3.52. The van der Waals surface area contributed by atoms with Gasteiger partial charge in [-0.3, -0.25) is 4.79 Å². The fourth-order valence-electron chi connectivity index (χ4n) is 1.50. The van der Waals surface area contributed by atoms with E-state index in [-0.39, 0.29) is 16.9 Å². The number of rotatable bonds is 2. The number of anilines is 1. The van der Waals surface area contributed by atoms with Gasteiger partial charge in [-0.2, -0.15) is 10.4 Å². The summed E-state index contributed by atoms with van der Waals surface area (Å²) >= 11 is 0. The molecule has 0 bridgehead atoms. The molecule has 2 aromatic rings.